The predicted octanol–water partition coefficient (Wildman–Crippen LogP) is 3.63. The Kier molecular flexibility index (Phi) is 7.38. The number of carbonyl (C=O) groups is 1. The van der Waals surface area contributed by atoms with Crippen molar-refractivity contribution in [1.29, 1.82) is 0 Å². The van der Waals surface area contributed by atoms with E-state index in [1.165, 1.54) is 12.1 Å². The molecule has 0 aromatic heterocycles. The molecule has 0 aliphatic rings. The van der Waals surface area contributed by atoms with Gasteiger partial charge < -0.3 is 10.1 Å². The third-order valence-corrected chi connectivity index (χ3v) is 5.88. The van der Waals surface area contributed by atoms with Crippen LogP contribution in [0, 0.1) is 5.82 Å². The molecule has 0 saturated heterocycles. The van der Waals surface area contributed by atoms with E-state index in [2.05, 4.69) is 10.0 Å². The molecule has 0 aliphatic carbocycles. The van der Waals surface area contributed by atoms with Crippen molar-refractivity contribution in [2.75, 3.05) is 11.8 Å². The molecule has 0 saturated carbocycles. The second-order valence-corrected chi connectivity index (χ2v) is 8.65. The fourth-order valence-corrected chi connectivity index (χ4v) is 4.02. The molecule has 0 radical (unpaired) electrons. The van der Waals surface area contributed by atoms with Gasteiger partial charge in [0.15, 0.2) is 0 Å². The largest absolute Gasteiger partial charge is 0.380 e. The Labute approximate surface area is 181 Å². The van der Waals surface area contributed by atoms with Crippen LogP contribution in [0.5, 0.6) is 0 Å². The van der Waals surface area contributed by atoms with Gasteiger partial charge in [0.2, 0.25) is 5.91 Å². The average molecular weight is 443 g/mol. The summed E-state index contributed by atoms with van der Waals surface area (Å²) in [6, 6.07) is 18.9. The Balaban J connectivity index is 1.54. The van der Waals surface area contributed by atoms with Gasteiger partial charge in [-0.1, -0.05) is 36.4 Å². The Bertz CT molecular complexity index is 1130. The van der Waals surface area contributed by atoms with E-state index in [1.807, 2.05) is 24.3 Å². The van der Waals surface area contributed by atoms with Gasteiger partial charge in [0, 0.05) is 19.3 Å². The van der Waals surface area contributed by atoms with Crippen molar-refractivity contribution >= 4 is 21.6 Å². The lowest BCUT2D eigenvalue weighted by Crippen LogP contribution is -2.24. The third-order valence-electron chi connectivity index (χ3n) is 4.49. The molecule has 3 rings (SSSR count). The monoisotopic (exact) mass is 442 g/mol. The lowest BCUT2D eigenvalue weighted by Gasteiger charge is -2.10. The molecule has 0 heterocycles. The van der Waals surface area contributed by atoms with Gasteiger partial charge in [0.25, 0.3) is 10.0 Å². The van der Waals surface area contributed by atoms with Gasteiger partial charge in [-0.3, -0.25) is 9.52 Å². The van der Waals surface area contributed by atoms with E-state index in [0.29, 0.717) is 18.8 Å². The van der Waals surface area contributed by atoms with Crippen LogP contribution in [-0.4, -0.2) is 21.4 Å². The Hall–Kier alpha value is -3.23. The van der Waals surface area contributed by atoms with Crippen molar-refractivity contribution in [3.8, 4) is 0 Å². The normalized spacial score (nSPS) is 11.2. The fraction of sp³-hybridized carbons (Fsp3) is 0.174. The molecule has 1 amide bonds. The number of hydrogen-bond donors (Lipinski definition) is 2. The first-order valence-electron chi connectivity index (χ1n) is 9.56. The molecule has 31 heavy (non-hydrogen) atoms. The first kappa shape index (κ1) is 22.5. The number of methoxy groups -OCH3 is 1. The molecule has 2 N–H and O–H groups in total. The van der Waals surface area contributed by atoms with Crippen LogP contribution in [0.3, 0.4) is 0 Å². The van der Waals surface area contributed by atoms with E-state index in [-0.39, 0.29) is 17.2 Å². The summed E-state index contributed by atoms with van der Waals surface area (Å²) in [6.45, 7) is 0.922. The zero-order valence-electron chi connectivity index (χ0n) is 17.0. The fourth-order valence-electron chi connectivity index (χ4n) is 2.96. The van der Waals surface area contributed by atoms with Crippen molar-refractivity contribution in [1.82, 2.24) is 5.32 Å². The standard InChI is InChI=1S/C23H23FN2O4S/c1-30-16-19-4-2-3-18(13-19)15-25-23(27)14-17-5-9-21(10-6-17)26-31(28,29)22-11-7-20(24)8-12-22/h2-13,26H,14-16H2,1H3,(H,25,27). The maximum absolute atomic E-state index is 13.0. The zero-order chi connectivity index (χ0) is 22.3. The van der Waals surface area contributed by atoms with Gasteiger partial charge in [-0.2, -0.15) is 0 Å². The molecular weight excluding hydrogens is 419 g/mol. The van der Waals surface area contributed by atoms with Crippen LogP contribution in [0.1, 0.15) is 16.7 Å². The molecule has 0 atom stereocenters. The van der Waals surface area contributed by atoms with Crippen LogP contribution in [0.2, 0.25) is 0 Å². The number of carbonyl (C=O) groups excluding carboxylic acids is 1. The van der Waals surface area contributed by atoms with Gasteiger partial charge in [-0.25, -0.2) is 12.8 Å². The van der Waals surface area contributed by atoms with Gasteiger partial charge in [0.1, 0.15) is 5.82 Å². The third kappa shape index (κ3) is 6.63. The minimum absolute atomic E-state index is 0.0353. The molecule has 8 heteroatoms. The quantitative estimate of drug-likeness (QED) is 0.530. The molecule has 0 aliphatic heterocycles. The summed E-state index contributed by atoms with van der Waals surface area (Å²) >= 11 is 0. The molecule has 0 fully saturated rings. The van der Waals surface area contributed by atoms with Gasteiger partial charge in [-0.05, 0) is 53.1 Å². The minimum Gasteiger partial charge on any atom is -0.380 e. The van der Waals surface area contributed by atoms with Crippen molar-refractivity contribution in [2.24, 2.45) is 0 Å². The van der Waals surface area contributed by atoms with Crippen molar-refractivity contribution in [2.45, 2.75) is 24.5 Å². The van der Waals surface area contributed by atoms with E-state index in [4.69, 9.17) is 4.74 Å². The summed E-state index contributed by atoms with van der Waals surface area (Å²) < 4.78 is 45.3. The minimum atomic E-state index is -3.82. The summed E-state index contributed by atoms with van der Waals surface area (Å²) in [6.07, 6.45) is 0.169. The van der Waals surface area contributed by atoms with E-state index >= 15 is 0 Å². The number of ether oxygens (including phenoxy) is 1. The predicted molar refractivity (Wildman–Crippen MR) is 116 cm³/mol. The first-order chi connectivity index (χ1) is 14.9. The lowest BCUT2D eigenvalue weighted by atomic mass is 10.1. The maximum Gasteiger partial charge on any atom is 0.261 e. The maximum atomic E-state index is 13.0. The molecule has 3 aromatic carbocycles. The highest BCUT2D eigenvalue weighted by Crippen LogP contribution is 2.17. The Morgan fingerprint density at radius 2 is 1.61 bits per heavy atom. The Morgan fingerprint density at radius 1 is 0.935 bits per heavy atom. The van der Waals surface area contributed by atoms with Crippen LogP contribution in [-0.2, 0) is 39.1 Å². The highest BCUT2D eigenvalue weighted by Gasteiger charge is 2.14. The number of benzene rings is 3. The SMILES string of the molecule is COCc1cccc(CNC(=O)Cc2ccc(NS(=O)(=O)c3ccc(F)cc3)cc2)c1. The summed E-state index contributed by atoms with van der Waals surface area (Å²) in [5, 5.41) is 2.87. The first-order valence-corrected chi connectivity index (χ1v) is 11.0. The number of halogens is 1. The number of amides is 1. The topological polar surface area (TPSA) is 84.5 Å². The van der Waals surface area contributed by atoms with E-state index in [1.54, 1.807) is 31.4 Å². The van der Waals surface area contributed by atoms with Crippen LogP contribution in [0.4, 0.5) is 10.1 Å². The second kappa shape index (κ2) is 10.2. The summed E-state index contributed by atoms with van der Waals surface area (Å²) in [5.41, 5.74) is 3.11. The lowest BCUT2D eigenvalue weighted by molar-refractivity contribution is -0.120. The highest BCUT2D eigenvalue weighted by molar-refractivity contribution is 7.92. The number of sulfonamides is 1. The number of nitrogens with one attached hydrogen (secondary N) is 2. The number of hydrogen-bond acceptors (Lipinski definition) is 4. The summed E-state index contributed by atoms with van der Waals surface area (Å²) in [5.74, 6) is -0.652. The van der Waals surface area contributed by atoms with Crippen molar-refractivity contribution in [3.63, 3.8) is 0 Å². The van der Waals surface area contributed by atoms with Crippen molar-refractivity contribution in [3.05, 3.63) is 95.3 Å². The molecule has 6 nitrogen and oxygen atoms in total. The molecule has 0 spiro atoms. The van der Waals surface area contributed by atoms with Crippen molar-refractivity contribution < 1.29 is 22.3 Å². The van der Waals surface area contributed by atoms with Crippen LogP contribution in [0.15, 0.2) is 77.7 Å². The van der Waals surface area contributed by atoms with E-state index in [0.717, 1.165) is 28.8 Å². The van der Waals surface area contributed by atoms with E-state index in [9.17, 15) is 17.6 Å². The van der Waals surface area contributed by atoms with Crippen LogP contribution in [0.25, 0.3) is 0 Å². The summed E-state index contributed by atoms with van der Waals surface area (Å²) in [4.78, 5) is 12.2. The molecule has 0 bridgehead atoms. The Morgan fingerprint density at radius 3 is 2.29 bits per heavy atom. The summed E-state index contributed by atoms with van der Waals surface area (Å²) in [7, 11) is -2.19. The number of rotatable bonds is 9. The van der Waals surface area contributed by atoms with Gasteiger partial charge in [-0.15, -0.1) is 0 Å². The van der Waals surface area contributed by atoms with Gasteiger partial charge in [0.05, 0.1) is 17.9 Å². The average Bonchev–Trinajstić information content (AvgIpc) is 2.74. The molecule has 162 valence electrons. The van der Waals surface area contributed by atoms with E-state index < -0.39 is 15.8 Å². The second-order valence-electron chi connectivity index (χ2n) is 6.96. The van der Waals surface area contributed by atoms with Gasteiger partial charge >= 0.3 is 0 Å². The molecule has 0 unspecified atom stereocenters. The van der Waals surface area contributed by atoms with Crippen LogP contribution >= 0.6 is 0 Å². The molecule has 3 aromatic rings. The van der Waals surface area contributed by atoms with Crippen LogP contribution < -0.4 is 10.0 Å². The number of anilines is 1. The highest BCUT2D eigenvalue weighted by atomic mass is 32.2. The smallest absolute Gasteiger partial charge is 0.261 e. The zero-order valence-corrected chi connectivity index (χ0v) is 17.8. The molecular formula is C23H23FN2O4S.